The van der Waals surface area contributed by atoms with Crippen molar-refractivity contribution in [3.8, 4) is 11.3 Å². The lowest BCUT2D eigenvalue weighted by Crippen LogP contribution is -2.17. The number of aromatic nitrogens is 4. The van der Waals surface area contributed by atoms with Gasteiger partial charge >= 0.3 is 0 Å². The van der Waals surface area contributed by atoms with Gasteiger partial charge in [-0.15, -0.1) is 0 Å². The van der Waals surface area contributed by atoms with Crippen molar-refractivity contribution in [1.82, 2.24) is 24.9 Å². The molecule has 3 aromatic heterocycles. The number of oxazole rings is 1. The first-order chi connectivity index (χ1) is 10.4. The van der Waals surface area contributed by atoms with Gasteiger partial charge in [0.05, 0.1) is 29.7 Å². The maximum absolute atomic E-state index is 5.84. The highest BCUT2D eigenvalue weighted by molar-refractivity contribution is 5.75. The number of fused-ring (bicyclic) bond motifs is 1. The number of nitrogens with one attached hydrogen (secondary N) is 1. The molecule has 1 fully saturated rings. The third-order valence-corrected chi connectivity index (χ3v) is 3.72. The lowest BCUT2D eigenvalue weighted by atomic mass is 10.2. The number of hydrogen-bond acceptors (Lipinski definition) is 5. The van der Waals surface area contributed by atoms with Crippen molar-refractivity contribution < 1.29 is 4.42 Å². The number of hydrogen-bond donors (Lipinski definition) is 1. The van der Waals surface area contributed by atoms with Crippen molar-refractivity contribution in [2.45, 2.75) is 31.7 Å². The van der Waals surface area contributed by atoms with E-state index in [0.29, 0.717) is 0 Å². The van der Waals surface area contributed by atoms with Crippen LogP contribution in [0.15, 0.2) is 35.4 Å². The van der Waals surface area contributed by atoms with Gasteiger partial charge in [0.1, 0.15) is 0 Å². The summed E-state index contributed by atoms with van der Waals surface area (Å²) in [5.74, 6) is 1.54. The molecule has 1 N–H and O–H groups in total. The fourth-order valence-corrected chi connectivity index (χ4v) is 2.41. The van der Waals surface area contributed by atoms with Crippen LogP contribution in [-0.2, 0) is 6.42 Å². The predicted molar refractivity (Wildman–Crippen MR) is 77.8 cm³/mol. The summed E-state index contributed by atoms with van der Waals surface area (Å²) in [5, 5.41) is 7.78. The highest BCUT2D eigenvalue weighted by Crippen LogP contribution is 2.25. The van der Waals surface area contributed by atoms with E-state index in [1.807, 2.05) is 6.20 Å². The average Bonchev–Trinajstić information content (AvgIpc) is 3.06. The molecule has 0 radical (unpaired) electrons. The highest BCUT2D eigenvalue weighted by atomic mass is 16.4. The largest absolute Gasteiger partial charge is 0.441 e. The second kappa shape index (κ2) is 5.29. The van der Waals surface area contributed by atoms with Gasteiger partial charge in [0.2, 0.25) is 0 Å². The quantitative estimate of drug-likeness (QED) is 0.701. The Morgan fingerprint density at radius 1 is 1.29 bits per heavy atom. The summed E-state index contributed by atoms with van der Waals surface area (Å²) in [6.07, 6.45) is 13.4. The van der Waals surface area contributed by atoms with Crippen LogP contribution in [0, 0.1) is 0 Å². The minimum absolute atomic E-state index is 0.753. The molecule has 3 aromatic rings. The smallest absolute Gasteiger partial charge is 0.194 e. The molecular weight excluding hydrogens is 266 g/mol. The molecule has 0 aromatic carbocycles. The lowest BCUT2D eigenvalue weighted by molar-refractivity contribution is 0.491. The molecule has 0 bridgehead atoms. The number of aryl methyl sites for hydroxylation is 1. The molecule has 1 saturated carbocycles. The van der Waals surface area contributed by atoms with Crippen LogP contribution in [0.25, 0.3) is 16.8 Å². The number of nitrogens with zero attached hydrogens (tertiary/aromatic N) is 4. The maximum atomic E-state index is 5.84. The van der Waals surface area contributed by atoms with E-state index in [4.69, 9.17) is 4.42 Å². The Morgan fingerprint density at radius 2 is 2.24 bits per heavy atom. The summed E-state index contributed by atoms with van der Waals surface area (Å²) >= 11 is 0. The van der Waals surface area contributed by atoms with E-state index < -0.39 is 0 Å². The van der Waals surface area contributed by atoms with Crippen LogP contribution in [0.5, 0.6) is 0 Å². The van der Waals surface area contributed by atoms with Gasteiger partial charge in [-0.1, -0.05) is 0 Å². The zero-order valence-electron chi connectivity index (χ0n) is 11.7. The molecule has 3 heterocycles. The number of rotatable bonds is 6. The first-order valence-corrected chi connectivity index (χ1v) is 7.36. The van der Waals surface area contributed by atoms with Crippen LogP contribution in [0.3, 0.4) is 0 Å². The average molecular weight is 283 g/mol. The fourth-order valence-electron chi connectivity index (χ4n) is 2.41. The molecule has 1 aliphatic carbocycles. The molecule has 0 aliphatic heterocycles. The van der Waals surface area contributed by atoms with Crippen molar-refractivity contribution in [1.29, 1.82) is 0 Å². The minimum atomic E-state index is 0.753. The molecule has 21 heavy (non-hydrogen) atoms. The third kappa shape index (κ3) is 2.67. The van der Waals surface area contributed by atoms with Crippen molar-refractivity contribution in [2.24, 2.45) is 0 Å². The zero-order chi connectivity index (χ0) is 14.1. The molecule has 1 aliphatic rings. The molecule has 0 amide bonds. The van der Waals surface area contributed by atoms with Crippen LogP contribution in [-0.4, -0.2) is 32.2 Å². The van der Waals surface area contributed by atoms with Crippen LogP contribution in [0.4, 0.5) is 0 Å². The zero-order valence-corrected chi connectivity index (χ0v) is 11.7. The van der Waals surface area contributed by atoms with E-state index >= 15 is 0 Å². The van der Waals surface area contributed by atoms with E-state index in [9.17, 15) is 0 Å². The van der Waals surface area contributed by atoms with Gasteiger partial charge in [-0.05, 0) is 25.8 Å². The Balaban J connectivity index is 1.45. The van der Waals surface area contributed by atoms with E-state index in [0.717, 1.165) is 48.2 Å². The van der Waals surface area contributed by atoms with Crippen molar-refractivity contribution in [2.75, 3.05) is 6.54 Å². The van der Waals surface area contributed by atoms with Crippen LogP contribution < -0.4 is 5.32 Å². The Hall–Kier alpha value is -2.21. The molecule has 0 saturated heterocycles. The molecule has 4 rings (SSSR count). The first kappa shape index (κ1) is 12.5. The van der Waals surface area contributed by atoms with Crippen molar-refractivity contribution >= 4 is 5.52 Å². The third-order valence-electron chi connectivity index (χ3n) is 3.72. The van der Waals surface area contributed by atoms with Crippen LogP contribution >= 0.6 is 0 Å². The molecular formula is C15H17N5O. The maximum Gasteiger partial charge on any atom is 0.194 e. The lowest BCUT2D eigenvalue weighted by Gasteiger charge is -1.99. The van der Waals surface area contributed by atoms with E-state index in [2.05, 4.69) is 20.4 Å². The normalized spacial score (nSPS) is 14.9. The molecule has 0 unspecified atom stereocenters. The second-order valence-electron chi connectivity index (χ2n) is 5.41. The Bertz CT molecular complexity index is 743. The molecule has 0 atom stereocenters. The summed E-state index contributed by atoms with van der Waals surface area (Å²) in [6.45, 7) is 1.03. The van der Waals surface area contributed by atoms with Gasteiger partial charge in [-0.2, -0.15) is 5.10 Å². The molecule has 6 heteroatoms. The van der Waals surface area contributed by atoms with Crippen molar-refractivity contribution in [3.63, 3.8) is 0 Å². The second-order valence-corrected chi connectivity index (χ2v) is 5.41. The molecule has 0 spiro atoms. The van der Waals surface area contributed by atoms with Gasteiger partial charge in [-0.25, -0.2) is 9.50 Å². The van der Waals surface area contributed by atoms with E-state index in [1.165, 1.54) is 12.8 Å². The topological polar surface area (TPSA) is 68.2 Å². The Morgan fingerprint density at radius 3 is 3.14 bits per heavy atom. The highest BCUT2D eigenvalue weighted by Gasteiger charge is 2.19. The van der Waals surface area contributed by atoms with Gasteiger partial charge in [0, 0.05) is 24.9 Å². The van der Waals surface area contributed by atoms with Gasteiger partial charge < -0.3 is 9.73 Å². The first-order valence-electron chi connectivity index (χ1n) is 7.36. The van der Waals surface area contributed by atoms with Crippen LogP contribution in [0.1, 0.15) is 25.2 Å². The fraction of sp³-hybridized carbons (Fsp3) is 0.400. The van der Waals surface area contributed by atoms with Gasteiger partial charge in [-0.3, -0.25) is 4.98 Å². The monoisotopic (exact) mass is 283 g/mol. The van der Waals surface area contributed by atoms with Gasteiger partial charge in [0.15, 0.2) is 11.7 Å². The summed E-state index contributed by atoms with van der Waals surface area (Å²) in [6, 6.07) is 0.761. The molecule has 6 nitrogen and oxygen atoms in total. The minimum Gasteiger partial charge on any atom is -0.441 e. The summed E-state index contributed by atoms with van der Waals surface area (Å²) in [4.78, 5) is 8.49. The summed E-state index contributed by atoms with van der Waals surface area (Å²) in [5.41, 5.74) is 1.86. The Labute approximate surface area is 122 Å². The standard InChI is InChI=1S/C15H17N5O/c1(5-17-11-3-4-11)2-15-18-10-14(21-15)12-8-19-20-7-6-16-9-13(12)20/h6-11,17H,1-5H2. The van der Waals surface area contributed by atoms with E-state index in [-0.39, 0.29) is 0 Å². The summed E-state index contributed by atoms with van der Waals surface area (Å²) in [7, 11) is 0. The Kier molecular flexibility index (Phi) is 3.16. The molecule has 108 valence electrons. The van der Waals surface area contributed by atoms with Gasteiger partial charge in [0.25, 0.3) is 0 Å². The van der Waals surface area contributed by atoms with Crippen molar-refractivity contribution in [3.05, 3.63) is 36.9 Å². The van der Waals surface area contributed by atoms with Crippen LogP contribution in [0.2, 0.25) is 0 Å². The summed E-state index contributed by atoms with van der Waals surface area (Å²) < 4.78 is 7.62. The predicted octanol–water partition coefficient (Wildman–Crippen LogP) is 2.07. The SMILES string of the molecule is c1cn2ncc(-c3cnc(CCCNC4CC4)o3)c2cn1. The van der Waals surface area contributed by atoms with E-state index in [1.54, 1.807) is 29.3 Å².